The van der Waals surface area contributed by atoms with Crippen LogP contribution in [0.15, 0.2) is 0 Å². The van der Waals surface area contributed by atoms with Gasteiger partial charge in [-0.15, -0.1) is 0 Å². The topological polar surface area (TPSA) is 6.48 Å². The van der Waals surface area contributed by atoms with Crippen LogP contribution in [0.25, 0.3) is 0 Å². The maximum Gasteiger partial charge on any atom is 0.315 e. The molecule has 0 aliphatic rings. The molecule has 0 unspecified atom stereocenters. The minimum absolute atomic E-state index is 1.00. The van der Waals surface area contributed by atoms with Crippen LogP contribution in [0.2, 0.25) is 19.6 Å². The molecule has 0 aromatic carbocycles. The summed E-state index contributed by atoms with van der Waals surface area (Å²) in [6.45, 7) is 15.3. The van der Waals surface area contributed by atoms with E-state index in [-0.39, 0.29) is 0 Å². The number of hydrogen-bond acceptors (Lipinski definition) is 2. The fourth-order valence-corrected chi connectivity index (χ4v) is 1.96. The molecule has 0 aromatic rings. The van der Waals surface area contributed by atoms with E-state index >= 15 is 0 Å². The molecule has 0 saturated heterocycles. The first-order valence-corrected chi connectivity index (χ1v) is 9.19. The van der Waals surface area contributed by atoms with Gasteiger partial charge in [0.05, 0.1) is 8.24 Å². The molecule has 0 bridgehead atoms. The maximum absolute atomic E-state index is 2.65. The lowest BCUT2D eigenvalue weighted by Gasteiger charge is -2.36. The first-order chi connectivity index (χ1) is 5.41. The highest BCUT2D eigenvalue weighted by Gasteiger charge is 2.19. The van der Waals surface area contributed by atoms with E-state index in [0.717, 1.165) is 0 Å². The molecule has 12 heavy (non-hydrogen) atoms. The largest absolute Gasteiger partial charge is 0.401 e. The molecule has 2 nitrogen and oxygen atoms in total. The van der Waals surface area contributed by atoms with Crippen LogP contribution >= 0.6 is 0 Å². The van der Waals surface area contributed by atoms with Gasteiger partial charge in [-0.25, -0.2) is 0 Å². The zero-order valence-electron chi connectivity index (χ0n) is 9.52. The first-order valence-electron chi connectivity index (χ1n) is 4.85. The molecule has 0 N–H and O–H groups in total. The van der Waals surface area contributed by atoms with Crippen molar-refractivity contribution in [3.05, 3.63) is 0 Å². The highest BCUT2D eigenvalue weighted by atomic mass is 28.3. The summed E-state index contributed by atoms with van der Waals surface area (Å²) in [5.41, 5.74) is 0. The van der Waals surface area contributed by atoms with Gasteiger partial charge in [-0.3, -0.25) is 4.90 Å². The summed E-state index contributed by atoms with van der Waals surface area (Å²) >= 11 is 1.21. The van der Waals surface area contributed by atoms with Gasteiger partial charge in [0, 0.05) is 6.67 Å². The third-order valence-corrected chi connectivity index (χ3v) is 9.19. The Kier molecular flexibility index (Phi) is 5.71. The standard InChI is InChI=1S/C8H21N2Si.Al.2H/c1-6-10(7-2)8-9-11(3,4)5;;;/h6-8H2,1-5H3;;;/q-1;+1;;. The van der Waals surface area contributed by atoms with E-state index < -0.39 is 8.24 Å². The molecular weight excluding hydrogens is 179 g/mol. The quantitative estimate of drug-likeness (QED) is 0.484. The molecule has 0 atom stereocenters. The summed E-state index contributed by atoms with van der Waals surface area (Å²) in [4.78, 5) is 2.49. The van der Waals surface area contributed by atoms with Gasteiger partial charge in [-0.2, -0.15) is 0 Å². The van der Waals surface area contributed by atoms with E-state index in [9.17, 15) is 0 Å². The molecule has 0 saturated carbocycles. The second-order valence-electron chi connectivity index (χ2n) is 4.31. The molecule has 0 spiro atoms. The average molecular weight is 202 g/mol. The van der Waals surface area contributed by atoms with E-state index in [2.05, 4.69) is 41.9 Å². The highest BCUT2D eigenvalue weighted by Crippen LogP contribution is 2.06. The highest BCUT2D eigenvalue weighted by molar-refractivity contribution is 6.77. The van der Waals surface area contributed by atoms with Crippen LogP contribution in [0.1, 0.15) is 13.8 Å². The predicted molar refractivity (Wildman–Crippen MR) is 61.5 cm³/mol. The summed E-state index contributed by atoms with van der Waals surface area (Å²) in [5, 5.41) is 0. The van der Waals surface area contributed by atoms with Crippen LogP contribution in [0, 0.1) is 0 Å². The van der Waals surface area contributed by atoms with Crippen LogP contribution in [-0.2, 0) is 0 Å². The lowest BCUT2D eigenvalue weighted by molar-refractivity contribution is 0.256. The molecule has 0 amide bonds. The van der Waals surface area contributed by atoms with Crippen molar-refractivity contribution in [1.82, 2.24) is 8.45 Å². The lowest BCUT2D eigenvalue weighted by Crippen LogP contribution is -2.49. The van der Waals surface area contributed by atoms with Crippen LogP contribution in [-0.4, -0.2) is 53.0 Å². The Hall–Kier alpha value is 0.669. The van der Waals surface area contributed by atoms with Crippen molar-refractivity contribution in [1.29, 1.82) is 0 Å². The van der Waals surface area contributed by atoms with Crippen molar-refractivity contribution >= 4 is 24.7 Å². The zero-order valence-corrected chi connectivity index (χ0v) is 12.5. The van der Waals surface area contributed by atoms with Crippen molar-refractivity contribution in [2.75, 3.05) is 19.8 Å². The molecule has 4 heteroatoms. The summed E-state index contributed by atoms with van der Waals surface area (Å²) in [7, 11) is -1.00. The Morgan fingerprint density at radius 2 is 1.50 bits per heavy atom. The normalized spacial score (nSPS) is 12.9. The predicted octanol–water partition coefficient (Wildman–Crippen LogP) is 0.971. The van der Waals surface area contributed by atoms with Gasteiger partial charge in [0.15, 0.2) is 0 Å². The Morgan fingerprint density at radius 3 is 1.75 bits per heavy atom. The zero-order chi connectivity index (χ0) is 9.78. The average Bonchev–Trinajstić information content (AvgIpc) is 1.97. The monoisotopic (exact) mass is 202 g/mol. The number of rotatable bonds is 5. The van der Waals surface area contributed by atoms with Gasteiger partial charge >= 0.3 is 16.5 Å². The lowest BCUT2D eigenvalue weighted by atomic mass is 10.6. The summed E-state index contributed by atoms with van der Waals surface area (Å²) < 4.78 is 2.65. The van der Waals surface area contributed by atoms with E-state index in [0.29, 0.717) is 0 Å². The van der Waals surface area contributed by atoms with Crippen molar-refractivity contribution in [3.63, 3.8) is 0 Å². The van der Waals surface area contributed by atoms with E-state index in [1.165, 1.54) is 36.3 Å². The number of hydrogen-bond donors (Lipinski definition) is 0. The Labute approximate surface area is 86.7 Å². The molecular formula is C8H23AlN2Si. The van der Waals surface area contributed by atoms with Crippen LogP contribution in [0.5, 0.6) is 0 Å². The molecule has 0 rings (SSSR count). The minimum atomic E-state index is -1.00. The third-order valence-electron chi connectivity index (χ3n) is 2.45. The summed E-state index contributed by atoms with van der Waals surface area (Å²) in [5.74, 6) is 0. The molecule has 0 radical (unpaired) electrons. The molecule has 0 heterocycles. The second-order valence-corrected chi connectivity index (χ2v) is 11.4. The van der Waals surface area contributed by atoms with Crippen molar-refractivity contribution in [2.24, 2.45) is 0 Å². The third kappa shape index (κ3) is 4.64. The van der Waals surface area contributed by atoms with Crippen LogP contribution in [0.3, 0.4) is 0 Å². The second kappa shape index (κ2) is 5.41. The van der Waals surface area contributed by atoms with E-state index in [1.54, 1.807) is 0 Å². The van der Waals surface area contributed by atoms with Crippen molar-refractivity contribution in [2.45, 2.75) is 33.5 Å². The fraction of sp³-hybridized carbons (Fsp3) is 1.00. The van der Waals surface area contributed by atoms with Crippen LogP contribution in [0.4, 0.5) is 0 Å². The SMILES string of the molecule is CCN(CC)C[N]([AlH2])[Si](C)(C)C. The van der Waals surface area contributed by atoms with E-state index in [1.807, 2.05) is 0 Å². The van der Waals surface area contributed by atoms with Gasteiger partial charge in [0.1, 0.15) is 0 Å². The molecule has 0 aliphatic heterocycles. The fourth-order valence-electron chi connectivity index (χ4n) is 0.936. The van der Waals surface area contributed by atoms with Gasteiger partial charge in [-0.05, 0) is 13.1 Å². The molecule has 0 aliphatic carbocycles. The smallest absolute Gasteiger partial charge is 0.315 e. The van der Waals surface area contributed by atoms with Gasteiger partial charge in [0.2, 0.25) is 0 Å². The Morgan fingerprint density at radius 1 is 1.08 bits per heavy atom. The first kappa shape index (κ1) is 12.7. The summed E-state index contributed by atoms with van der Waals surface area (Å²) in [6, 6.07) is 0. The van der Waals surface area contributed by atoms with Gasteiger partial charge < -0.3 is 3.55 Å². The van der Waals surface area contributed by atoms with Gasteiger partial charge in [0.25, 0.3) is 0 Å². The Balaban J connectivity index is 3.90. The number of nitrogens with zero attached hydrogens (tertiary/aromatic N) is 2. The maximum atomic E-state index is 2.65. The molecule has 0 aromatic heterocycles. The van der Waals surface area contributed by atoms with Crippen molar-refractivity contribution < 1.29 is 0 Å². The Bertz CT molecular complexity index is 121. The molecule has 0 fully saturated rings. The van der Waals surface area contributed by atoms with Gasteiger partial charge in [-0.1, -0.05) is 33.5 Å². The molecule has 72 valence electrons. The van der Waals surface area contributed by atoms with E-state index in [4.69, 9.17) is 0 Å². The minimum Gasteiger partial charge on any atom is -0.401 e. The van der Waals surface area contributed by atoms with Crippen LogP contribution < -0.4 is 0 Å². The van der Waals surface area contributed by atoms with Crippen molar-refractivity contribution in [3.8, 4) is 0 Å². The summed E-state index contributed by atoms with van der Waals surface area (Å²) in [6.07, 6.45) is 0.